The van der Waals surface area contributed by atoms with Gasteiger partial charge in [0.05, 0.1) is 25.3 Å². The number of ether oxygens (including phenoxy) is 1. The summed E-state index contributed by atoms with van der Waals surface area (Å²) in [7, 11) is 0. The van der Waals surface area contributed by atoms with Gasteiger partial charge in [-0.15, -0.1) is 0 Å². The minimum Gasteiger partial charge on any atom is -0.478 e. The van der Waals surface area contributed by atoms with Crippen molar-refractivity contribution < 1.29 is 24.2 Å². The summed E-state index contributed by atoms with van der Waals surface area (Å²) >= 11 is 0. The first-order valence-corrected chi connectivity index (χ1v) is 7.25. The van der Waals surface area contributed by atoms with Gasteiger partial charge in [0, 0.05) is 19.6 Å². The molecule has 1 aliphatic rings. The van der Waals surface area contributed by atoms with E-state index in [-0.39, 0.29) is 24.6 Å². The van der Waals surface area contributed by atoms with E-state index in [1.54, 1.807) is 17.0 Å². The van der Waals surface area contributed by atoms with Crippen molar-refractivity contribution in [2.45, 2.75) is 6.54 Å². The third-order valence-corrected chi connectivity index (χ3v) is 3.42. The minimum absolute atomic E-state index is 0.0657. The highest BCUT2D eigenvalue weighted by atomic mass is 16.5. The molecular formula is C15H19N3O5. The number of hydrogen-bond acceptors (Lipinski definition) is 4. The predicted molar refractivity (Wildman–Crippen MR) is 81.0 cm³/mol. The van der Waals surface area contributed by atoms with E-state index < -0.39 is 12.0 Å². The summed E-state index contributed by atoms with van der Waals surface area (Å²) in [6, 6.07) is 5.75. The van der Waals surface area contributed by atoms with Crippen LogP contribution >= 0.6 is 0 Å². The third kappa shape index (κ3) is 5.26. The van der Waals surface area contributed by atoms with Gasteiger partial charge in [0.2, 0.25) is 5.91 Å². The minimum atomic E-state index is -0.996. The Kier molecular flexibility index (Phi) is 5.93. The summed E-state index contributed by atoms with van der Waals surface area (Å²) < 4.78 is 5.16. The topological polar surface area (TPSA) is 108 Å². The molecule has 3 N–H and O–H groups in total. The van der Waals surface area contributed by atoms with Crippen molar-refractivity contribution in [3.8, 4) is 0 Å². The molecule has 1 fully saturated rings. The SMILES string of the molecule is O=C(NCC(=O)N1CCOCC1)NCc1ccc(C(=O)O)cc1. The Bertz CT molecular complexity index is 567. The zero-order valence-corrected chi connectivity index (χ0v) is 12.6. The zero-order valence-electron chi connectivity index (χ0n) is 12.6. The predicted octanol–water partition coefficient (Wildman–Crippen LogP) is 0.0428. The molecule has 8 heteroatoms. The molecule has 124 valence electrons. The quantitative estimate of drug-likeness (QED) is 0.710. The Balaban J connectivity index is 1.70. The maximum absolute atomic E-state index is 11.9. The summed E-state index contributed by atoms with van der Waals surface area (Å²) in [6.45, 7) is 2.30. The number of nitrogens with one attached hydrogen (secondary N) is 2. The van der Waals surface area contributed by atoms with Gasteiger partial charge in [0.25, 0.3) is 0 Å². The maximum atomic E-state index is 11.9. The van der Waals surface area contributed by atoms with Crippen molar-refractivity contribution in [3.05, 3.63) is 35.4 Å². The Morgan fingerprint density at radius 1 is 1.09 bits per heavy atom. The molecule has 2 rings (SSSR count). The zero-order chi connectivity index (χ0) is 16.7. The average Bonchev–Trinajstić information content (AvgIpc) is 2.59. The number of benzene rings is 1. The number of amides is 3. The highest BCUT2D eigenvalue weighted by Gasteiger charge is 2.17. The van der Waals surface area contributed by atoms with Crippen LogP contribution in [0.1, 0.15) is 15.9 Å². The van der Waals surface area contributed by atoms with E-state index in [1.165, 1.54) is 12.1 Å². The number of carboxylic acid groups (broad SMARTS) is 1. The maximum Gasteiger partial charge on any atom is 0.335 e. The first-order valence-electron chi connectivity index (χ1n) is 7.25. The summed E-state index contributed by atoms with van der Waals surface area (Å²) in [5, 5.41) is 13.9. The molecule has 0 saturated carbocycles. The number of carbonyl (C=O) groups excluding carboxylic acids is 2. The number of rotatable bonds is 5. The third-order valence-electron chi connectivity index (χ3n) is 3.42. The Hall–Kier alpha value is -2.61. The van der Waals surface area contributed by atoms with Crippen LogP contribution < -0.4 is 10.6 Å². The monoisotopic (exact) mass is 321 g/mol. The van der Waals surface area contributed by atoms with E-state index in [9.17, 15) is 14.4 Å². The highest BCUT2D eigenvalue weighted by molar-refractivity contribution is 5.87. The van der Waals surface area contributed by atoms with Gasteiger partial charge in [-0.3, -0.25) is 4.79 Å². The van der Waals surface area contributed by atoms with Gasteiger partial charge in [-0.2, -0.15) is 0 Å². The number of morpholine rings is 1. The summed E-state index contributed by atoms with van der Waals surface area (Å²) in [5.74, 6) is -1.14. The molecule has 0 unspecified atom stereocenters. The number of carboxylic acids is 1. The Morgan fingerprint density at radius 2 is 1.74 bits per heavy atom. The smallest absolute Gasteiger partial charge is 0.335 e. The van der Waals surface area contributed by atoms with Gasteiger partial charge in [-0.05, 0) is 17.7 Å². The fourth-order valence-electron chi connectivity index (χ4n) is 2.09. The van der Waals surface area contributed by atoms with Crippen LogP contribution in [0, 0.1) is 0 Å². The van der Waals surface area contributed by atoms with Crippen LogP contribution in [-0.2, 0) is 16.1 Å². The van der Waals surface area contributed by atoms with Crippen LogP contribution in [0.25, 0.3) is 0 Å². The molecule has 0 atom stereocenters. The summed E-state index contributed by atoms with van der Waals surface area (Å²) in [5.41, 5.74) is 0.957. The fraction of sp³-hybridized carbons (Fsp3) is 0.400. The Labute approximate surface area is 133 Å². The molecule has 0 radical (unpaired) electrons. The first-order chi connectivity index (χ1) is 11.1. The van der Waals surface area contributed by atoms with Gasteiger partial charge in [0.15, 0.2) is 0 Å². The van der Waals surface area contributed by atoms with Crippen molar-refractivity contribution in [2.75, 3.05) is 32.8 Å². The highest BCUT2D eigenvalue weighted by Crippen LogP contribution is 2.04. The number of nitrogens with zero attached hydrogens (tertiary/aromatic N) is 1. The molecule has 0 bridgehead atoms. The van der Waals surface area contributed by atoms with Crippen molar-refractivity contribution in [1.29, 1.82) is 0 Å². The lowest BCUT2D eigenvalue weighted by molar-refractivity contribution is -0.134. The number of hydrogen-bond donors (Lipinski definition) is 3. The van der Waals surface area contributed by atoms with Crippen molar-refractivity contribution in [1.82, 2.24) is 15.5 Å². The normalized spacial score (nSPS) is 14.2. The van der Waals surface area contributed by atoms with Crippen LogP contribution in [0.3, 0.4) is 0 Å². The van der Waals surface area contributed by atoms with E-state index in [2.05, 4.69) is 10.6 Å². The molecule has 8 nitrogen and oxygen atoms in total. The molecule has 1 aromatic rings. The molecule has 1 aromatic carbocycles. The molecule has 1 heterocycles. The number of aromatic carboxylic acids is 1. The molecule has 1 saturated heterocycles. The van der Waals surface area contributed by atoms with Gasteiger partial charge in [0.1, 0.15) is 0 Å². The van der Waals surface area contributed by atoms with Gasteiger partial charge in [-0.1, -0.05) is 12.1 Å². The van der Waals surface area contributed by atoms with Crippen LogP contribution in [0.4, 0.5) is 4.79 Å². The van der Waals surface area contributed by atoms with Crippen LogP contribution in [0.2, 0.25) is 0 Å². The standard InChI is InChI=1S/C15H19N3O5/c19-13(18-5-7-23-8-6-18)10-17-15(22)16-9-11-1-3-12(4-2-11)14(20)21/h1-4H,5-10H2,(H,20,21)(H2,16,17,22). The lowest BCUT2D eigenvalue weighted by Crippen LogP contribution is -2.47. The van der Waals surface area contributed by atoms with Crippen LogP contribution in [0.15, 0.2) is 24.3 Å². The van der Waals surface area contributed by atoms with E-state index in [4.69, 9.17) is 9.84 Å². The van der Waals surface area contributed by atoms with Crippen LogP contribution in [-0.4, -0.2) is 60.8 Å². The van der Waals surface area contributed by atoms with Crippen molar-refractivity contribution in [3.63, 3.8) is 0 Å². The molecule has 23 heavy (non-hydrogen) atoms. The van der Waals surface area contributed by atoms with Gasteiger partial charge in [-0.25, -0.2) is 9.59 Å². The Morgan fingerprint density at radius 3 is 2.35 bits per heavy atom. The second kappa shape index (κ2) is 8.14. The van der Waals surface area contributed by atoms with E-state index in [0.717, 1.165) is 5.56 Å². The molecule has 0 aliphatic carbocycles. The lowest BCUT2D eigenvalue weighted by atomic mass is 10.1. The van der Waals surface area contributed by atoms with Crippen molar-refractivity contribution in [2.24, 2.45) is 0 Å². The van der Waals surface area contributed by atoms with Gasteiger partial charge >= 0.3 is 12.0 Å². The number of carbonyl (C=O) groups is 3. The second-order valence-electron chi connectivity index (χ2n) is 5.03. The molecule has 0 spiro atoms. The lowest BCUT2D eigenvalue weighted by Gasteiger charge is -2.26. The van der Waals surface area contributed by atoms with Crippen molar-refractivity contribution >= 4 is 17.9 Å². The molecule has 3 amide bonds. The molecular weight excluding hydrogens is 302 g/mol. The summed E-state index contributed by atoms with van der Waals surface area (Å²) in [6.07, 6.45) is 0. The van der Waals surface area contributed by atoms with E-state index in [0.29, 0.717) is 26.3 Å². The summed E-state index contributed by atoms with van der Waals surface area (Å²) in [4.78, 5) is 35.9. The first kappa shape index (κ1) is 16.8. The average molecular weight is 321 g/mol. The van der Waals surface area contributed by atoms with Crippen LogP contribution in [0.5, 0.6) is 0 Å². The van der Waals surface area contributed by atoms with E-state index >= 15 is 0 Å². The number of urea groups is 1. The van der Waals surface area contributed by atoms with E-state index in [1.807, 2.05) is 0 Å². The fourth-order valence-corrected chi connectivity index (χ4v) is 2.09. The largest absolute Gasteiger partial charge is 0.478 e. The second-order valence-corrected chi connectivity index (χ2v) is 5.03. The van der Waals surface area contributed by atoms with Gasteiger partial charge < -0.3 is 25.4 Å². The molecule has 0 aromatic heterocycles. The molecule has 1 aliphatic heterocycles.